The molecule has 0 aromatic heterocycles. The quantitative estimate of drug-likeness (QED) is 0.435. The van der Waals surface area contributed by atoms with Gasteiger partial charge in [-0.2, -0.15) is 0 Å². The fourth-order valence-electron chi connectivity index (χ4n) is 0. The van der Waals surface area contributed by atoms with E-state index in [4.69, 9.17) is 15.9 Å². The minimum absolute atomic E-state index is 0. The molecule has 10 heavy (non-hydrogen) atoms. The SMILES string of the molecule is CCC(=O)O.[NH-]CCO.[Na+]. The molecule has 0 atom stereocenters. The molecule has 0 heterocycles. The number of carbonyl (C=O) groups is 1. The van der Waals surface area contributed by atoms with Crippen LogP contribution in [0.5, 0.6) is 0 Å². The minimum Gasteiger partial charge on any atom is -0.676 e. The number of aliphatic hydroxyl groups is 1. The van der Waals surface area contributed by atoms with Crippen LogP contribution >= 0.6 is 0 Å². The van der Waals surface area contributed by atoms with Gasteiger partial charge in [0.05, 0.1) is 0 Å². The van der Waals surface area contributed by atoms with E-state index in [2.05, 4.69) is 0 Å². The van der Waals surface area contributed by atoms with Crippen molar-refractivity contribution >= 4 is 5.97 Å². The van der Waals surface area contributed by atoms with Crippen LogP contribution in [-0.4, -0.2) is 29.3 Å². The molecule has 0 radical (unpaired) electrons. The largest absolute Gasteiger partial charge is 1.00 e. The third-order valence-corrected chi connectivity index (χ3v) is 0.414. The Hall–Kier alpha value is 0.390. The molecule has 0 amide bonds. The Labute approximate surface area is 82.7 Å². The van der Waals surface area contributed by atoms with Crippen LogP contribution in [0.2, 0.25) is 0 Å². The molecule has 0 unspecified atom stereocenters. The molecule has 0 aliphatic carbocycles. The van der Waals surface area contributed by atoms with E-state index in [9.17, 15) is 4.79 Å². The maximum Gasteiger partial charge on any atom is 1.00 e. The summed E-state index contributed by atoms with van der Waals surface area (Å²) >= 11 is 0. The van der Waals surface area contributed by atoms with Crippen molar-refractivity contribution in [3.05, 3.63) is 5.73 Å². The van der Waals surface area contributed by atoms with Crippen molar-refractivity contribution in [1.82, 2.24) is 0 Å². The van der Waals surface area contributed by atoms with Crippen molar-refractivity contribution < 1.29 is 44.6 Å². The maximum atomic E-state index is 9.37. The third-order valence-electron chi connectivity index (χ3n) is 0.414. The molecule has 5 heteroatoms. The van der Waals surface area contributed by atoms with E-state index >= 15 is 0 Å². The molecule has 0 saturated heterocycles. The van der Waals surface area contributed by atoms with E-state index in [1.165, 1.54) is 0 Å². The number of nitrogens with one attached hydrogen (secondary N) is 1. The Morgan fingerprint density at radius 3 is 1.80 bits per heavy atom. The Morgan fingerprint density at radius 2 is 1.80 bits per heavy atom. The molecular formula is C5H12NNaO3. The third kappa shape index (κ3) is 39.9. The monoisotopic (exact) mass is 157 g/mol. The first-order valence-corrected chi connectivity index (χ1v) is 2.66. The van der Waals surface area contributed by atoms with Crippen molar-refractivity contribution in [1.29, 1.82) is 0 Å². The first-order valence-electron chi connectivity index (χ1n) is 2.66. The molecule has 0 fully saturated rings. The summed E-state index contributed by atoms with van der Waals surface area (Å²) in [6.45, 7) is 1.71. The molecule has 0 aliphatic rings. The van der Waals surface area contributed by atoms with Gasteiger partial charge < -0.3 is 15.9 Å². The summed E-state index contributed by atoms with van der Waals surface area (Å²) in [5.41, 5.74) is 6.20. The van der Waals surface area contributed by atoms with Gasteiger partial charge in [0.2, 0.25) is 0 Å². The van der Waals surface area contributed by atoms with Gasteiger partial charge in [0.1, 0.15) is 0 Å². The van der Waals surface area contributed by atoms with Crippen LogP contribution in [0.4, 0.5) is 0 Å². The van der Waals surface area contributed by atoms with E-state index in [-0.39, 0.29) is 49.1 Å². The Bertz CT molecular complexity index is 67.9. The Kier molecular flexibility index (Phi) is 27.2. The van der Waals surface area contributed by atoms with Crippen molar-refractivity contribution in [3.8, 4) is 0 Å². The Morgan fingerprint density at radius 1 is 1.60 bits per heavy atom. The van der Waals surface area contributed by atoms with Crippen LogP contribution in [-0.2, 0) is 4.79 Å². The van der Waals surface area contributed by atoms with Crippen LogP contribution in [0.3, 0.4) is 0 Å². The number of hydrogen-bond donors (Lipinski definition) is 2. The minimum atomic E-state index is -0.745. The summed E-state index contributed by atoms with van der Waals surface area (Å²) in [7, 11) is 0. The molecule has 0 rings (SSSR count). The van der Waals surface area contributed by atoms with Crippen molar-refractivity contribution in [3.63, 3.8) is 0 Å². The molecule has 0 aliphatic heterocycles. The van der Waals surface area contributed by atoms with Crippen LogP contribution in [0.1, 0.15) is 13.3 Å². The number of rotatable bonds is 2. The van der Waals surface area contributed by atoms with Gasteiger partial charge in [-0.3, -0.25) is 4.79 Å². The van der Waals surface area contributed by atoms with E-state index in [0.29, 0.717) is 0 Å². The first kappa shape index (κ1) is 16.8. The van der Waals surface area contributed by atoms with Gasteiger partial charge in [-0.25, -0.2) is 0 Å². The summed E-state index contributed by atoms with van der Waals surface area (Å²) < 4.78 is 0. The second-order valence-electron chi connectivity index (χ2n) is 1.22. The van der Waals surface area contributed by atoms with E-state index < -0.39 is 5.97 Å². The van der Waals surface area contributed by atoms with Crippen LogP contribution in [0, 0.1) is 0 Å². The molecule has 4 nitrogen and oxygen atoms in total. The normalized spacial score (nSPS) is 6.70. The molecule has 0 spiro atoms. The average molecular weight is 157 g/mol. The fraction of sp³-hybridized carbons (Fsp3) is 0.800. The van der Waals surface area contributed by atoms with Crippen molar-refractivity contribution in [2.75, 3.05) is 13.2 Å². The van der Waals surface area contributed by atoms with Gasteiger partial charge in [-0.05, 0) is 0 Å². The number of carboxylic acids is 1. The molecule has 0 aromatic rings. The summed E-state index contributed by atoms with van der Waals surface area (Å²) in [5.74, 6) is -0.745. The molecule has 3 N–H and O–H groups in total. The second-order valence-corrected chi connectivity index (χ2v) is 1.22. The van der Waals surface area contributed by atoms with Gasteiger partial charge in [0.15, 0.2) is 0 Å². The number of aliphatic carboxylic acids is 1. The molecule has 56 valence electrons. The molecule has 0 aromatic carbocycles. The Balaban J connectivity index is -0.0000000910. The molecular weight excluding hydrogens is 145 g/mol. The molecule has 0 bridgehead atoms. The predicted octanol–water partition coefficient (Wildman–Crippen LogP) is -2.48. The van der Waals surface area contributed by atoms with Crippen molar-refractivity contribution in [2.45, 2.75) is 13.3 Å². The van der Waals surface area contributed by atoms with Crippen LogP contribution in [0.25, 0.3) is 5.73 Å². The van der Waals surface area contributed by atoms with Gasteiger partial charge in [-0.1, -0.05) is 6.92 Å². The van der Waals surface area contributed by atoms with Gasteiger partial charge in [0, 0.05) is 13.0 Å². The number of aliphatic hydroxyl groups excluding tert-OH is 1. The first-order chi connectivity index (χ1) is 4.18. The predicted molar refractivity (Wildman–Crippen MR) is 34.2 cm³/mol. The smallest absolute Gasteiger partial charge is 0.676 e. The van der Waals surface area contributed by atoms with Gasteiger partial charge in [0.25, 0.3) is 0 Å². The zero-order valence-electron chi connectivity index (χ0n) is 6.42. The average Bonchev–Trinajstić information content (AvgIpc) is 1.89. The summed E-state index contributed by atoms with van der Waals surface area (Å²) in [6.07, 6.45) is 0.222. The van der Waals surface area contributed by atoms with E-state index in [1.807, 2.05) is 0 Å². The van der Waals surface area contributed by atoms with Crippen LogP contribution < -0.4 is 29.6 Å². The van der Waals surface area contributed by atoms with E-state index in [0.717, 1.165) is 0 Å². The van der Waals surface area contributed by atoms with Gasteiger partial charge >= 0.3 is 35.5 Å². The summed E-state index contributed by atoms with van der Waals surface area (Å²) in [5, 5.41) is 15.4. The fourth-order valence-corrected chi connectivity index (χ4v) is 0. The summed E-state index contributed by atoms with van der Waals surface area (Å²) in [4.78, 5) is 9.37. The maximum absolute atomic E-state index is 9.37. The standard InChI is InChI=1S/C3H6O2.C2H6NO.Na/c1-2-3(4)5;3-1-2-4;/h2H2,1H3,(H,4,5);3-4H,1-2H2;/q;-1;+1. The summed E-state index contributed by atoms with van der Waals surface area (Å²) in [6, 6.07) is 0. The van der Waals surface area contributed by atoms with Crippen molar-refractivity contribution in [2.24, 2.45) is 0 Å². The van der Waals surface area contributed by atoms with Crippen LogP contribution in [0.15, 0.2) is 0 Å². The van der Waals surface area contributed by atoms with Gasteiger partial charge in [-0.15, -0.1) is 6.54 Å². The number of hydrogen-bond acceptors (Lipinski definition) is 2. The number of carboxylic acid groups (broad SMARTS) is 1. The topological polar surface area (TPSA) is 81.3 Å². The molecule has 0 saturated carbocycles. The zero-order valence-corrected chi connectivity index (χ0v) is 8.42. The zero-order chi connectivity index (χ0) is 7.70. The second kappa shape index (κ2) is 16.2. The van der Waals surface area contributed by atoms with E-state index in [1.54, 1.807) is 6.92 Å².